The Kier molecular flexibility index (Phi) is 6.73. The van der Waals surface area contributed by atoms with Gasteiger partial charge in [0.25, 0.3) is 0 Å². The second-order valence-electron chi connectivity index (χ2n) is 6.89. The van der Waals surface area contributed by atoms with Crippen molar-refractivity contribution in [2.24, 2.45) is 7.05 Å². The van der Waals surface area contributed by atoms with Gasteiger partial charge in [-0.1, -0.05) is 53.9 Å². The van der Waals surface area contributed by atoms with Gasteiger partial charge in [0.05, 0.1) is 12.3 Å². The van der Waals surface area contributed by atoms with Crippen molar-refractivity contribution in [1.82, 2.24) is 24.3 Å². The summed E-state index contributed by atoms with van der Waals surface area (Å²) in [5.74, 6) is 1.01. The van der Waals surface area contributed by atoms with Crippen LogP contribution in [-0.2, 0) is 18.4 Å². The number of thioether (sulfide) groups is 1. The molecule has 9 heteroatoms. The summed E-state index contributed by atoms with van der Waals surface area (Å²) in [7, 11) is 1.96. The molecule has 0 fully saturated rings. The largest absolute Gasteiger partial charge is 0.329 e. The summed E-state index contributed by atoms with van der Waals surface area (Å²) in [4.78, 5) is 17.8. The Bertz CT molecular complexity index is 1150. The molecule has 2 aromatic heterocycles. The zero-order chi connectivity index (χ0) is 21.6. The number of nitrogens with zero attached hydrogens (tertiary/aromatic N) is 5. The van der Waals surface area contributed by atoms with E-state index in [1.807, 2.05) is 71.8 Å². The van der Waals surface area contributed by atoms with Gasteiger partial charge in [0.15, 0.2) is 10.3 Å². The summed E-state index contributed by atoms with van der Waals surface area (Å²) in [6.45, 7) is 2.60. The summed E-state index contributed by atoms with van der Waals surface area (Å²) in [6, 6.07) is 17.9. The van der Waals surface area contributed by atoms with Crippen molar-refractivity contribution >= 4 is 35.1 Å². The Hall–Kier alpha value is -3.04. The zero-order valence-electron chi connectivity index (χ0n) is 17.2. The summed E-state index contributed by atoms with van der Waals surface area (Å²) in [5.41, 5.74) is 1.93. The van der Waals surface area contributed by atoms with E-state index >= 15 is 0 Å². The molecule has 158 valence electrons. The quantitative estimate of drug-likeness (QED) is 0.405. The fourth-order valence-corrected chi connectivity index (χ4v) is 4.49. The Balaban J connectivity index is 1.32. The second-order valence-corrected chi connectivity index (χ2v) is 8.87. The molecule has 4 rings (SSSR count). The number of amides is 1. The maximum Gasteiger partial charge on any atom is 0.234 e. The Morgan fingerprint density at radius 1 is 1.03 bits per heavy atom. The van der Waals surface area contributed by atoms with Gasteiger partial charge in [0, 0.05) is 30.0 Å². The highest BCUT2D eigenvalue weighted by molar-refractivity contribution is 7.99. The van der Waals surface area contributed by atoms with Crippen LogP contribution in [0.5, 0.6) is 0 Å². The molecule has 2 aromatic carbocycles. The van der Waals surface area contributed by atoms with E-state index in [-0.39, 0.29) is 11.7 Å². The lowest BCUT2D eigenvalue weighted by atomic mass is 10.2. The van der Waals surface area contributed by atoms with Crippen molar-refractivity contribution in [2.75, 3.05) is 11.1 Å². The number of nitrogens with one attached hydrogen (secondary N) is 1. The molecule has 0 unspecified atom stereocenters. The molecule has 31 heavy (non-hydrogen) atoms. The minimum atomic E-state index is -0.0820. The van der Waals surface area contributed by atoms with E-state index in [4.69, 9.17) is 0 Å². The number of aromatic nitrogens is 5. The van der Waals surface area contributed by atoms with E-state index in [9.17, 15) is 4.79 Å². The van der Waals surface area contributed by atoms with Crippen molar-refractivity contribution < 1.29 is 4.79 Å². The lowest BCUT2D eigenvalue weighted by molar-refractivity contribution is -0.113. The van der Waals surface area contributed by atoms with E-state index in [1.165, 1.54) is 17.3 Å². The van der Waals surface area contributed by atoms with Gasteiger partial charge in [-0.2, -0.15) is 0 Å². The molecule has 0 saturated heterocycles. The van der Waals surface area contributed by atoms with E-state index in [0.717, 1.165) is 26.7 Å². The fraction of sp³-hybridized carbons (Fsp3) is 0.182. The first kappa shape index (κ1) is 21.2. The second kappa shape index (κ2) is 9.84. The standard InChI is InChI=1S/C22H22N6OS2/c1-16-25-26-22(28(16)14-17-6-4-3-5-7-17)30-15-20(29)24-18-8-10-19(11-9-18)31-21-23-12-13-27(21)2/h3-13H,14-15H2,1-2H3,(H,24,29). The van der Waals surface area contributed by atoms with Crippen LogP contribution in [0.1, 0.15) is 11.4 Å². The lowest BCUT2D eigenvalue weighted by Crippen LogP contribution is -2.14. The molecule has 1 N–H and O–H groups in total. The minimum absolute atomic E-state index is 0.0820. The van der Waals surface area contributed by atoms with E-state index in [2.05, 4.69) is 32.6 Å². The number of benzene rings is 2. The van der Waals surface area contributed by atoms with E-state index in [1.54, 1.807) is 18.0 Å². The molecule has 0 bridgehead atoms. The molecular formula is C22H22N6OS2. The molecule has 0 aliphatic carbocycles. The number of aryl methyl sites for hydroxylation is 2. The van der Waals surface area contributed by atoms with Gasteiger partial charge in [-0.15, -0.1) is 10.2 Å². The highest BCUT2D eigenvalue weighted by atomic mass is 32.2. The van der Waals surface area contributed by atoms with Crippen molar-refractivity contribution in [3.8, 4) is 0 Å². The van der Waals surface area contributed by atoms with Crippen molar-refractivity contribution in [2.45, 2.75) is 28.7 Å². The number of rotatable bonds is 8. The average molecular weight is 451 g/mol. The van der Waals surface area contributed by atoms with Crippen LogP contribution in [-0.4, -0.2) is 36.0 Å². The van der Waals surface area contributed by atoms with Gasteiger partial charge in [-0.25, -0.2) is 4.98 Å². The van der Waals surface area contributed by atoms with Crippen LogP contribution in [0, 0.1) is 6.92 Å². The fourth-order valence-electron chi connectivity index (χ4n) is 2.91. The summed E-state index contributed by atoms with van der Waals surface area (Å²) in [5, 5.41) is 13.0. The highest BCUT2D eigenvalue weighted by Crippen LogP contribution is 2.27. The molecule has 0 radical (unpaired) electrons. The van der Waals surface area contributed by atoms with Gasteiger partial charge in [0.1, 0.15) is 5.82 Å². The van der Waals surface area contributed by atoms with Gasteiger partial charge in [0.2, 0.25) is 5.91 Å². The van der Waals surface area contributed by atoms with Gasteiger partial charge in [-0.05, 0) is 36.8 Å². The molecule has 2 heterocycles. The summed E-state index contributed by atoms with van der Waals surface area (Å²) < 4.78 is 3.99. The monoisotopic (exact) mass is 450 g/mol. The number of carbonyl (C=O) groups is 1. The van der Waals surface area contributed by atoms with E-state index < -0.39 is 0 Å². The number of carbonyl (C=O) groups excluding carboxylic acids is 1. The summed E-state index contributed by atoms with van der Waals surface area (Å²) >= 11 is 2.96. The number of anilines is 1. The maximum absolute atomic E-state index is 12.4. The molecule has 0 saturated carbocycles. The zero-order valence-corrected chi connectivity index (χ0v) is 18.9. The van der Waals surface area contributed by atoms with Gasteiger partial charge in [-0.3, -0.25) is 4.79 Å². The third kappa shape index (κ3) is 5.56. The van der Waals surface area contributed by atoms with Crippen molar-refractivity contribution in [3.05, 3.63) is 78.4 Å². The van der Waals surface area contributed by atoms with Crippen LogP contribution in [0.15, 0.2) is 82.2 Å². The SMILES string of the molecule is Cc1nnc(SCC(=O)Nc2ccc(Sc3nccn3C)cc2)n1Cc1ccccc1. The topological polar surface area (TPSA) is 77.6 Å². The number of hydrogen-bond donors (Lipinski definition) is 1. The Morgan fingerprint density at radius 3 is 2.52 bits per heavy atom. The Labute approximate surface area is 189 Å². The van der Waals surface area contributed by atoms with Gasteiger partial charge >= 0.3 is 0 Å². The molecule has 0 spiro atoms. The first-order chi connectivity index (χ1) is 15.1. The molecule has 0 aliphatic heterocycles. The maximum atomic E-state index is 12.4. The predicted octanol–water partition coefficient (Wildman–Crippen LogP) is 4.25. The molecule has 4 aromatic rings. The summed E-state index contributed by atoms with van der Waals surface area (Å²) in [6.07, 6.45) is 3.69. The Morgan fingerprint density at radius 2 is 1.81 bits per heavy atom. The predicted molar refractivity (Wildman–Crippen MR) is 123 cm³/mol. The molecule has 0 aliphatic rings. The number of hydrogen-bond acceptors (Lipinski definition) is 6. The van der Waals surface area contributed by atoms with Crippen LogP contribution in [0.4, 0.5) is 5.69 Å². The molecule has 1 amide bonds. The highest BCUT2D eigenvalue weighted by Gasteiger charge is 2.12. The van der Waals surface area contributed by atoms with Crippen LogP contribution >= 0.6 is 23.5 Å². The van der Waals surface area contributed by atoms with E-state index in [0.29, 0.717) is 6.54 Å². The van der Waals surface area contributed by atoms with Crippen LogP contribution in [0.2, 0.25) is 0 Å². The first-order valence-corrected chi connectivity index (χ1v) is 11.5. The van der Waals surface area contributed by atoms with Crippen LogP contribution in [0.3, 0.4) is 0 Å². The van der Waals surface area contributed by atoms with Gasteiger partial charge < -0.3 is 14.5 Å². The average Bonchev–Trinajstić information content (AvgIpc) is 3.34. The third-order valence-electron chi connectivity index (χ3n) is 4.54. The molecular weight excluding hydrogens is 428 g/mol. The number of imidazole rings is 1. The smallest absolute Gasteiger partial charge is 0.234 e. The van der Waals surface area contributed by atoms with Crippen LogP contribution < -0.4 is 5.32 Å². The third-order valence-corrected chi connectivity index (χ3v) is 6.59. The van der Waals surface area contributed by atoms with Crippen LogP contribution in [0.25, 0.3) is 0 Å². The van der Waals surface area contributed by atoms with Crippen molar-refractivity contribution in [3.63, 3.8) is 0 Å². The van der Waals surface area contributed by atoms with Crippen molar-refractivity contribution in [1.29, 1.82) is 0 Å². The first-order valence-electron chi connectivity index (χ1n) is 9.70. The minimum Gasteiger partial charge on any atom is -0.329 e. The molecule has 0 atom stereocenters. The normalized spacial score (nSPS) is 10.9. The molecule has 7 nitrogen and oxygen atoms in total. The lowest BCUT2D eigenvalue weighted by Gasteiger charge is -2.09.